The second-order valence-corrected chi connectivity index (χ2v) is 9.95. The number of rotatable bonds is 8. The molecule has 176 valence electrons. The smallest absolute Gasteiger partial charge is 0.248 e. The van der Waals surface area contributed by atoms with E-state index in [0.29, 0.717) is 21.8 Å². The summed E-state index contributed by atoms with van der Waals surface area (Å²) in [7, 11) is 0. The van der Waals surface area contributed by atoms with Crippen molar-refractivity contribution >= 4 is 46.2 Å². The van der Waals surface area contributed by atoms with E-state index in [1.165, 1.54) is 23.2 Å². The van der Waals surface area contributed by atoms with E-state index in [0.717, 1.165) is 30.6 Å². The van der Waals surface area contributed by atoms with Gasteiger partial charge in [-0.15, -0.1) is 11.3 Å². The largest absolute Gasteiger partial charge is 0.351 e. The van der Waals surface area contributed by atoms with Gasteiger partial charge in [-0.25, -0.2) is 0 Å². The number of amides is 2. The Balaban J connectivity index is 1.84. The van der Waals surface area contributed by atoms with E-state index >= 15 is 0 Å². The zero-order chi connectivity index (χ0) is 24.1. The van der Waals surface area contributed by atoms with Crippen molar-refractivity contribution in [3.8, 4) is 0 Å². The molecule has 1 aliphatic rings. The number of para-hydroxylation sites is 1. The number of nitrogens with one attached hydrogen (secondary N) is 1. The lowest BCUT2D eigenvalue weighted by Crippen LogP contribution is -2.47. The second-order valence-electron chi connectivity index (χ2n) is 8.51. The van der Waals surface area contributed by atoms with Gasteiger partial charge in [0.15, 0.2) is 5.78 Å². The molecular formula is C27H27ClN2O3S. The van der Waals surface area contributed by atoms with Crippen LogP contribution < -0.4 is 10.2 Å². The fraction of sp³-hybridized carbons (Fsp3) is 0.296. The number of thiophene rings is 1. The van der Waals surface area contributed by atoms with Gasteiger partial charge in [0.1, 0.15) is 6.04 Å². The van der Waals surface area contributed by atoms with E-state index in [4.69, 9.17) is 11.6 Å². The van der Waals surface area contributed by atoms with Crippen molar-refractivity contribution < 1.29 is 14.4 Å². The van der Waals surface area contributed by atoms with E-state index in [1.807, 2.05) is 17.5 Å². The summed E-state index contributed by atoms with van der Waals surface area (Å²) >= 11 is 8.06. The van der Waals surface area contributed by atoms with Gasteiger partial charge in [-0.1, -0.05) is 60.8 Å². The molecule has 0 spiro atoms. The van der Waals surface area contributed by atoms with Crippen LogP contribution in [0.25, 0.3) is 0 Å². The number of hydrogen-bond donors (Lipinski definition) is 1. The molecule has 1 atom stereocenters. The molecule has 0 bridgehead atoms. The summed E-state index contributed by atoms with van der Waals surface area (Å²) in [5.74, 6) is -0.751. The summed E-state index contributed by atoms with van der Waals surface area (Å²) in [6.45, 7) is 1.46. The number of benzene rings is 2. The number of Topliss-reactive ketones (excluding diaryl/α,β-unsaturated/α-hetero) is 1. The Bertz CT molecular complexity index is 1170. The highest BCUT2D eigenvalue weighted by atomic mass is 35.5. The van der Waals surface area contributed by atoms with Crippen LogP contribution in [0.3, 0.4) is 0 Å². The Labute approximate surface area is 208 Å². The maximum absolute atomic E-state index is 13.9. The van der Waals surface area contributed by atoms with Gasteiger partial charge in [0, 0.05) is 27.1 Å². The molecule has 0 saturated heterocycles. The minimum atomic E-state index is -1.01. The van der Waals surface area contributed by atoms with Gasteiger partial charge in [-0.2, -0.15) is 0 Å². The molecule has 0 radical (unpaired) electrons. The molecule has 4 rings (SSSR count). The molecule has 1 N–H and O–H groups in total. The molecule has 1 aromatic heterocycles. The molecule has 34 heavy (non-hydrogen) atoms. The molecule has 5 nitrogen and oxygen atoms in total. The van der Waals surface area contributed by atoms with E-state index < -0.39 is 6.04 Å². The van der Waals surface area contributed by atoms with Crippen molar-refractivity contribution in [3.05, 3.63) is 87.1 Å². The fourth-order valence-electron chi connectivity index (χ4n) is 4.49. The van der Waals surface area contributed by atoms with Gasteiger partial charge in [0.2, 0.25) is 11.8 Å². The summed E-state index contributed by atoms with van der Waals surface area (Å²) in [6.07, 6.45) is 4.07. The molecule has 1 saturated carbocycles. The average Bonchev–Trinajstić information content (AvgIpc) is 3.52. The fourth-order valence-corrected chi connectivity index (χ4v) is 5.43. The first-order valence-electron chi connectivity index (χ1n) is 11.4. The van der Waals surface area contributed by atoms with Crippen LogP contribution in [0.2, 0.25) is 5.02 Å². The van der Waals surface area contributed by atoms with Crippen LogP contribution in [-0.4, -0.2) is 23.6 Å². The SMILES string of the molecule is CC(=O)c1ccccc1N(C(=O)Cc1cccs1)[C@H](C(=O)NC1CCCC1)c1ccccc1Cl. The van der Waals surface area contributed by atoms with Gasteiger partial charge < -0.3 is 5.32 Å². The predicted molar refractivity (Wildman–Crippen MR) is 137 cm³/mol. The minimum Gasteiger partial charge on any atom is -0.351 e. The van der Waals surface area contributed by atoms with Gasteiger partial charge >= 0.3 is 0 Å². The number of carbonyl (C=O) groups is 3. The van der Waals surface area contributed by atoms with Crippen LogP contribution in [0.1, 0.15) is 59.4 Å². The Morgan fingerprint density at radius 1 is 1.03 bits per heavy atom. The first-order valence-corrected chi connectivity index (χ1v) is 12.7. The van der Waals surface area contributed by atoms with Gasteiger partial charge in [-0.3, -0.25) is 19.3 Å². The van der Waals surface area contributed by atoms with Crippen molar-refractivity contribution in [2.45, 2.75) is 51.1 Å². The van der Waals surface area contributed by atoms with Crippen LogP contribution >= 0.6 is 22.9 Å². The zero-order valence-electron chi connectivity index (χ0n) is 19.0. The predicted octanol–water partition coefficient (Wildman–Crippen LogP) is 5.98. The zero-order valence-corrected chi connectivity index (χ0v) is 20.6. The first kappa shape index (κ1) is 24.2. The van der Waals surface area contributed by atoms with Crippen molar-refractivity contribution in [2.24, 2.45) is 0 Å². The Kier molecular flexibility index (Phi) is 7.80. The Hall–Kier alpha value is -2.96. The lowest BCUT2D eigenvalue weighted by molar-refractivity contribution is -0.127. The van der Waals surface area contributed by atoms with E-state index in [9.17, 15) is 14.4 Å². The van der Waals surface area contributed by atoms with Crippen molar-refractivity contribution in [1.29, 1.82) is 0 Å². The quantitative estimate of drug-likeness (QED) is 0.392. The van der Waals surface area contributed by atoms with Crippen LogP contribution in [0.4, 0.5) is 5.69 Å². The number of anilines is 1. The standard InChI is InChI=1S/C27H27ClN2O3S/c1-18(31)21-12-5-7-15-24(21)30(25(32)17-20-11-8-16-34-20)26(22-13-4-6-14-23(22)28)27(33)29-19-9-2-3-10-19/h4-8,11-16,19,26H,2-3,9-10,17H2,1H3,(H,29,33)/t26-/m0/s1. The van der Waals surface area contributed by atoms with E-state index in [2.05, 4.69) is 5.32 Å². The third kappa shape index (κ3) is 5.40. The molecule has 2 aromatic carbocycles. The normalized spacial score (nSPS) is 14.5. The molecule has 0 aliphatic heterocycles. The Morgan fingerprint density at radius 2 is 1.74 bits per heavy atom. The van der Waals surface area contributed by atoms with Crippen molar-refractivity contribution in [1.82, 2.24) is 5.32 Å². The van der Waals surface area contributed by atoms with E-state index in [-0.39, 0.29) is 30.1 Å². The molecular weight excluding hydrogens is 468 g/mol. The van der Waals surface area contributed by atoms with Gasteiger partial charge in [0.05, 0.1) is 12.1 Å². The topological polar surface area (TPSA) is 66.5 Å². The average molecular weight is 495 g/mol. The number of carbonyl (C=O) groups excluding carboxylic acids is 3. The van der Waals surface area contributed by atoms with Crippen molar-refractivity contribution in [3.63, 3.8) is 0 Å². The van der Waals surface area contributed by atoms with Crippen LogP contribution in [0, 0.1) is 0 Å². The summed E-state index contributed by atoms with van der Waals surface area (Å²) in [5.41, 5.74) is 1.31. The van der Waals surface area contributed by atoms with Crippen molar-refractivity contribution in [2.75, 3.05) is 4.90 Å². The summed E-state index contributed by atoms with van der Waals surface area (Å²) in [4.78, 5) is 42.5. The third-order valence-corrected chi connectivity index (χ3v) is 7.35. The monoisotopic (exact) mass is 494 g/mol. The summed E-state index contributed by atoms with van der Waals surface area (Å²) < 4.78 is 0. The number of hydrogen-bond acceptors (Lipinski definition) is 4. The first-order chi connectivity index (χ1) is 16.5. The number of nitrogens with zero attached hydrogens (tertiary/aromatic N) is 1. The highest BCUT2D eigenvalue weighted by Gasteiger charge is 2.36. The number of halogens is 1. The van der Waals surface area contributed by atoms with E-state index in [1.54, 1.807) is 48.5 Å². The summed E-state index contributed by atoms with van der Waals surface area (Å²) in [6, 6.07) is 16.8. The highest BCUT2D eigenvalue weighted by Crippen LogP contribution is 2.35. The van der Waals surface area contributed by atoms with Crippen LogP contribution in [-0.2, 0) is 16.0 Å². The summed E-state index contributed by atoms with van der Waals surface area (Å²) in [5, 5.41) is 5.45. The maximum atomic E-state index is 13.9. The van der Waals surface area contributed by atoms with Crippen LogP contribution in [0.5, 0.6) is 0 Å². The lowest BCUT2D eigenvalue weighted by Gasteiger charge is -2.33. The highest BCUT2D eigenvalue weighted by molar-refractivity contribution is 7.10. The van der Waals surface area contributed by atoms with Gasteiger partial charge in [-0.05, 0) is 49.4 Å². The second kappa shape index (κ2) is 11.0. The molecule has 7 heteroatoms. The molecule has 0 unspecified atom stereocenters. The Morgan fingerprint density at radius 3 is 2.41 bits per heavy atom. The molecule has 1 aliphatic carbocycles. The number of ketones is 1. The molecule has 1 heterocycles. The minimum absolute atomic E-state index is 0.0646. The van der Waals surface area contributed by atoms with Crippen LogP contribution in [0.15, 0.2) is 66.0 Å². The molecule has 3 aromatic rings. The molecule has 1 fully saturated rings. The maximum Gasteiger partial charge on any atom is 0.248 e. The lowest BCUT2D eigenvalue weighted by atomic mass is 9.99. The van der Waals surface area contributed by atoms with Gasteiger partial charge in [0.25, 0.3) is 0 Å². The molecule has 2 amide bonds. The third-order valence-electron chi connectivity index (χ3n) is 6.13.